The summed E-state index contributed by atoms with van der Waals surface area (Å²) in [6.45, 7) is 3.96. The van der Waals surface area contributed by atoms with E-state index >= 15 is 0 Å². The molecule has 4 N–H and O–H groups in total. The fourth-order valence-electron chi connectivity index (χ4n) is 4.48. The highest BCUT2D eigenvalue weighted by molar-refractivity contribution is 6.30. The molecule has 1 aromatic carbocycles. The molecule has 8 nitrogen and oxygen atoms in total. The van der Waals surface area contributed by atoms with Crippen LogP contribution in [0.25, 0.3) is 0 Å². The summed E-state index contributed by atoms with van der Waals surface area (Å²) < 4.78 is 0. The number of rotatable bonds is 3. The summed E-state index contributed by atoms with van der Waals surface area (Å²) in [7, 11) is 0. The summed E-state index contributed by atoms with van der Waals surface area (Å²) in [5.41, 5.74) is 0.575. The van der Waals surface area contributed by atoms with Crippen molar-refractivity contribution in [3.05, 3.63) is 29.3 Å². The van der Waals surface area contributed by atoms with Gasteiger partial charge in [0.1, 0.15) is 6.29 Å². The highest BCUT2D eigenvalue weighted by atomic mass is 35.5. The number of halogens is 1. The third kappa shape index (κ3) is 4.39. The predicted octanol–water partition coefficient (Wildman–Crippen LogP) is 1.09. The second-order valence-electron chi connectivity index (χ2n) is 8.20. The standard InChI is InChI=1S/C20H26ClN5O3/c1-11-3-2-8-26(10-11)20-24-17-16(19(29)25-20)14(9-15(27)23-17)18(28)22-13-6-4-12(21)5-7-13/h4-7,11,14,16-17,20,24H,2-3,8-10H2,1H3,(H,22,28)(H,23,27)(H,25,29). The molecule has 0 aliphatic carbocycles. The number of anilines is 1. The third-order valence-electron chi connectivity index (χ3n) is 5.94. The Kier molecular flexibility index (Phi) is 5.76. The average molecular weight is 420 g/mol. The molecule has 3 aliphatic heterocycles. The van der Waals surface area contributed by atoms with Gasteiger partial charge in [0.15, 0.2) is 0 Å². The van der Waals surface area contributed by atoms with Gasteiger partial charge < -0.3 is 16.0 Å². The van der Waals surface area contributed by atoms with Gasteiger partial charge in [-0.1, -0.05) is 18.5 Å². The van der Waals surface area contributed by atoms with E-state index in [4.69, 9.17) is 11.6 Å². The Morgan fingerprint density at radius 2 is 1.97 bits per heavy atom. The van der Waals surface area contributed by atoms with Gasteiger partial charge in [0.25, 0.3) is 0 Å². The van der Waals surface area contributed by atoms with Crippen LogP contribution in [0.15, 0.2) is 24.3 Å². The number of amides is 3. The molecule has 3 saturated heterocycles. The van der Waals surface area contributed by atoms with Crippen molar-refractivity contribution in [2.45, 2.75) is 38.6 Å². The van der Waals surface area contributed by atoms with E-state index in [1.54, 1.807) is 24.3 Å². The first kappa shape index (κ1) is 20.1. The average Bonchev–Trinajstić information content (AvgIpc) is 2.68. The lowest BCUT2D eigenvalue weighted by Crippen LogP contribution is -2.74. The van der Waals surface area contributed by atoms with Crippen LogP contribution < -0.4 is 21.3 Å². The Morgan fingerprint density at radius 3 is 2.69 bits per heavy atom. The number of carbonyl (C=O) groups is 3. The van der Waals surface area contributed by atoms with Gasteiger partial charge in [0.05, 0.1) is 18.0 Å². The number of likely N-dealkylation sites (tertiary alicyclic amines) is 1. The van der Waals surface area contributed by atoms with Crippen LogP contribution in [0.2, 0.25) is 5.02 Å². The molecular formula is C20H26ClN5O3. The molecular weight excluding hydrogens is 394 g/mol. The Hall–Kier alpha value is -2.16. The lowest BCUT2D eigenvalue weighted by Gasteiger charge is -2.47. The second-order valence-corrected chi connectivity index (χ2v) is 8.63. The summed E-state index contributed by atoms with van der Waals surface area (Å²) >= 11 is 5.88. The zero-order valence-corrected chi connectivity index (χ0v) is 17.0. The van der Waals surface area contributed by atoms with Gasteiger partial charge in [0, 0.05) is 30.2 Å². The minimum atomic E-state index is -0.752. The fraction of sp³-hybridized carbons (Fsp3) is 0.550. The quantitative estimate of drug-likeness (QED) is 0.587. The van der Waals surface area contributed by atoms with Crippen molar-refractivity contribution in [2.75, 3.05) is 18.4 Å². The van der Waals surface area contributed by atoms with Crippen molar-refractivity contribution in [2.24, 2.45) is 17.8 Å². The zero-order chi connectivity index (χ0) is 20.5. The van der Waals surface area contributed by atoms with Crippen LogP contribution in [0, 0.1) is 17.8 Å². The number of hydrogen-bond donors (Lipinski definition) is 4. The molecule has 0 aromatic heterocycles. The maximum atomic E-state index is 13.0. The van der Waals surface area contributed by atoms with E-state index in [1.807, 2.05) is 0 Å². The second kappa shape index (κ2) is 8.30. The van der Waals surface area contributed by atoms with E-state index in [1.165, 1.54) is 6.42 Å². The van der Waals surface area contributed by atoms with Crippen LogP contribution >= 0.6 is 11.6 Å². The van der Waals surface area contributed by atoms with E-state index in [0.717, 1.165) is 19.5 Å². The molecule has 5 unspecified atom stereocenters. The maximum absolute atomic E-state index is 13.0. The number of hydrogen-bond acceptors (Lipinski definition) is 5. The van der Waals surface area contributed by atoms with Crippen molar-refractivity contribution < 1.29 is 14.4 Å². The van der Waals surface area contributed by atoms with Gasteiger partial charge in [-0.3, -0.25) is 24.6 Å². The maximum Gasteiger partial charge on any atom is 0.229 e. The van der Waals surface area contributed by atoms with Gasteiger partial charge in [-0.25, -0.2) is 0 Å². The lowest BCUT2D eigenvalue weighted by atomic mass is 9.81. The van der Waals surface area contributed by atoms with Gasteiger partial charge in [-0.2, -0.15) is 0 Å². The van der Waals surface area contributed by atoms with Gasteiger partial charge in [-0.15, -0.1) is 0 Å². The van der Waals surface area contributed by atoms with Gasteiger partial charge in [0.2, 0.25) is 17.7 Å². The normalized spacial score (nSPS) is 32.7. The van der Waals surface area contributed by atoms with Gasteiger partial charge in [-0.05, 0) is 43.0 Å². The largest absolute Gasteiger partial charge is 0.340 e. The molecule has 0 spiro atoms. The molecule has 0 radical (unpaired) electrons. The topological polar surface area (TPSA) is 103 Å². The van der Waals surface area contributed by atoms with Crippen LogP contribution in [0.4, 0.5) is 5.69 Å². The molecule has 1 aromatic rings. The molecule has 9 heteroatoms. The Balaban J connectivity index is 1.48. The molecule has 5 atom stereocenters. The zero-order valence-electron chi connectivity index (χ0n) is 16.3. The summed E-state index contributed by atoms with van der Waals surface area (Å²) in [4.78, 5) is 40.3. The molecule has 3 heterocycles. The lowest BCUT2D eigenvalue weighted by molar-refractivity contribution is -0.148. The van der Waals surface area contributed by atoms with Crippen LogP contribution in [0.1, 0.15) is 26.2 Å². The first-order valence-electron chi connectivity index (χ1n) is 10.1. The Morgan fingerprint density at radius 1 is 1.21 bits per heavy atom. The number of nitrogens with one attached hydrogen (secondary N) is 4. The van der Waals surface area contributed by atoms with E-state index in [0.29, 0.717) is 16.6 Å². The fourth-order valence-corrected chi connectivity index (χ4v) is 4.61. The number of piperidine rings is 2. The number of nitrogens with zero attached hydrogens (tertiary/aromatic N) is 1. The number of fused-ring (bicyclic) bond motifs is 1. The van der Waals surface area contributed by atoms with E-state index in [-0.39, 0.29) is 30.4 Å². The summed E-state index contributed by atoms with van der Waals surface area (Å²) in [6.07, 6.45) is 1.30. The van der Waals surface area contributed by atoms with Crippen molar-refractivity contribution in [1.82, 2.24) is 20.9 Å². The molecule has 0 saturated carbocycles. The summed E-state index contributed by atoms with van der Waals surface area (Å²) in [6, 6.07) is 6.72. The minimum Gasteiger partial charge on any atom is -0.340 e. The molecule has 4 rings (SSSR count). The smallest absolute Gasteiger partial charge is 0.229 e. The first-order chi connectivity index (χ1) is 13.9. The van der Waals surface area contributed by atoms with Crippen molar-refractivity contribution in [1.29, 1.82) is 0 Å². The molecule has 3 fully saturated rings. The monoisotopic (exact) mass is 419 g/mol. The Bertz CT molecular complexity index is 802. The molecule has 29 heavy (non-hydrogen) atoms. The number of benzene rings is 1. The third-order valence-corrected chi connectivity index (χ3v) is 6.19. The summed E-state index contributed by atoms with van der Waals surface area (Å²) in [5.74, 6) is -1.67. The SMILES string of the molecule is CC1CCCN(C2NC(=O)C3C(NC(=O)CC3C(=O)Nc3ccc(Cl)cc3)N2)C1. The highest BCUT2D eigenvalue weighted by Gasteiger charge is 2.49. The minimum absolute atomic E-state index is 0.0267. The molecule has 3 aliphatic rings. The highest BCUT2D eigenvalue weighted by Crippen LogP contribution is 2.29. The molecule has 3 amide bonds. The van der Waals surface area contributed by atoms with E-state index < -0.39 is 18.0 Å². The molecule has 0 bridgehead atoms. The molecule has 156 valence electrons. The van der Waals surface area contributed by atoms with E-state index in [2.05, 4.69) is 33.1 Å². The van der Waals surface area contributed by atoms with E-state index in [9.17, 15) is 14.4 Å². The van der Waals surface area contributed by atoms with Crippen molar-refractivity contribution in [3.63, 3.8) is 0 Å². The van der Waals surface area contributed by atoms with Crippen LogP contribution in [0.3, 0.4) is 0 Å². The van der Waals surface area contributed by atoms with Crippen LogP contribution in [-0.4, -0.2) is 48.2 Å². The Labute approximate surface area is 174 Å². The number of carbonyl (C=O) groups excluding carboxylic acids is 3. The predicted molar refractivity (Wildman–Crippen MR) is 109 cm³/mol. The summed E-state index contributed by atoms with van der Waals surface area (Å²) in [5, 5.41) is 12.5. The van der Waals surface area contributed by atoms with Crippen molar-refractivity contribution in [3.8, 4) is 0 Å². The van der Waals surface area contributed by atoms with Crippen molar-refractivity contribution >= 4 is 35.0 Å². The first-order valence-corrected chi connectivity index (χ1v) is 10.4. The van der Waals surface area contributed by atoms with Crippen LogP contribution in [0.5, 0.6) is 0 Å². The van der Waals surface area contributed by atoms with Crippen LogP contribution in [-0.2, 0) is 14.4 Å². The van der Waals surface area contributed by atoms with Gasteiger partial charge >= 0.3 is 0 Å².